The minimum atomic E-state index is -3.57. The van der Waals surface area contributed by atoms with E-state index in [0.29, 0.717) is 5.75 Å². The summed E-state index contributed by atoms with van der Waals surface area (Å²) in [7, 11) is -4.39. The number of ether oxygens (including phenoxy) is 16. The van der Waals surface area contributed by atoms with Crippen molar-refractivity contribution in [3.05, 3.63) is 42.5 Å². The first-order valence-corrected chi connectivity index (χ1v) is 34.0. The molecule has 5 heterocycles. The van der Waals surface area contributed by atoms with E-state index >= 15 is 0 Å². The van der Waals surface area contributed by atoms with E-state index < -0.39 is 170 Å². The van der Waals surface area contributed by atoms with Crippen molar-refractivity contribution in [2.24, 2.45) is 4.99 Å². The van der Waals surface area contributed by atoms with Crippen LogP contribution in [0, 0.1) is 0 Å². The fourth-order valence-electron chi connectivity index (χ4n) is 11.9. The zero-order valence-corrected chi connectivity index (χ0v) is 56.4. The number of carbonyl (C=O) groups is 6. The summed E-state index contributed by atoms with van der Waals surface area (Å²) in [6.45, 7) is 29.2. The van der Waals surface area contributed by atoms with Crippen molar-refractivity contribution >= 4 is 58.8 Å². The third-order valence-electron chi connectivity index (χ3n) is 15.9. The van der Waals surface area contributed by atoms with Crippen LogP contribution in [0.2, 0.25) is 22.2 Å². The van der Waals surface area contributed by atoms with Gasteiger partial charge in [0.05, 0.1) is 46.8 Å². The third-order valence-corrected chi connectivity index (χ3v) is 26.1. The quantitative estimate of drug-likeness (QED) is 0.0300. The zero-order chi connectivity index (χ0) is 66.1. The van der Waals surface area contributed by atoms with Crippen LogP contribution in [0.4, 0.5) is 0 Å². The Bertz CT molecular complexity index is 2600. The SMILES string of the molecule is C=CCO[C@@H]1O[C@H](CO[C@]2(C(=O)OC)C[C@@H](OCc3ccc(OC)cc3)[C@@H](O)[C@@H]([C@H]3COC(C)(C)O3)O2)[C@H]2O[Si](C(C)C)(C(C)C)O[Si](C(C)C)(C(C)C)O[C@@H]2[C@H]1N=C(C)O[C@H]1O[C@@H]([C@H](COC(C)=O)OC(C)=O)[C@@H](OC(C)=O)[C@H](OC(C)=O)[C@@H]1OC(C)=O. The van der Waals surface area contributed by atoms with E-state index in [1.54, 1.807) is 33.1 Å². The number of esters is 6. The molecule has 16 atom stereocenters. The van der Waals surface area contributed by atoms with Gasteiger partial charge in [-0.25, -0.2) is 9.79 Å². The number of hydrogen-bond donors (Lipinski definition) is 1. The molecule has 502 valence electrons. The number of aliphatic hydroxyl groups excluding tert-OH is 1. The van der Waals surface area contributed by atoms with Crippen molar-refractivity contribution < 1.29 is 123 Å². The largest absolute Gasteiger partial charge is 0.497 e. The van der Waals surface area contributed by atoms with Crippen molar-refractivity contribution in [2.45, 2.75) is 249 Å². The van der Waals surface area contributed by atoms with Crippen LogP contribution in [0.5, 0.6) is 5.75 Å². The van der Waals surface area contributed by atoms with Gasteiger partial charge in [-0.05, 0) is 53.7 Å². The molecule has 0 aromatic heterocycles. The maximum absolute atomic E-state index is 14.6. The molecule has 1 aromatic rings. The number of methoxy groups -OCH3 is 2. The van der Waals surface area contributed by atoms with Gasteiger partial charge in [0.25, 0.3) is 5.79 Å². The minimum absolute atomic E-state index is 0.00396. The summed E-state index contributed by atoms with van der Waals surface area (Å²) in [4.78, 5) is 83.4. The summed E-state index contributed by atoms with van der Waals surface area (Å²) in [6.07, 6.45) is -18.6. The van der Waals surface area contributed by atoms with Gasteiger partial charge in [0.1, 0.15) is 61.1 Å². The molecule has 89 heavy (non-hydrogen) atoms. The second-order valence-electron chi connectivity index (χ2n) is 24.3. The highest BCUT2D eigenvalue weighted by Crippen LogP contribution is 2.51. The molecule has 5 fully saturated rings. The van der Waals surface area contributed by atoms with Crippen molar-refractivity contribution in [3.8, 4) is 5.75 Å². The van der Waals surface area contributed by atoms with Gasteiger partial charge in [0.15, 0.2) is 36.3 Å². The van der Waals surface area contributed by atoms with E-state index in [0.717, 1.165) is 40.2 Å². The predicted molar refractivity (Wildman–Crippen MR) is 316 cm³/mol. The lowest BCUT2D eigenvalue weighted by Gasteiger charge is -2.49. The molecule has 0 saturated carbocycles. The van der Waals surface area contributed by atoms with Crippen molar-refractivity contribution in [1.29, 1.82) is 0 Å². The molecule has 5 saturated heterocycles. The van der Waals surface area contributed by atoms with Gasteiger partial charge in [-0.2, -0.15) is 0 Å². The summed E-state index contributed by atoms with van der Waals surface area (Å²) in [5.41, 5.74) is -0.129. The number of rotatable bonds is 25. The number of aliphatic imine (C=N–C) groups is 1. The van der Waals surface area contributed by atoms with Crippen LogP contribution in [0.3, 0.4) is 0 Å². The molecule has 0 spiro atoms. The second-order valence-corrected chi connectivity index (χ2v) is 33.1. The summed E-state index contributed by atoms with van der Waals surface area (Å²) >= 11 is 0. The number of benzene rings is 1. The fraction of sp³-hybridized carbons (Fsp3) is 0.750. The predicted octanol–water partition coefficient (Wildman–Crippen LogP) is 5.84. The van der Waals surface area contributed by atoms with Crippen LogP contribution < -0.4 is 4.74 Å². The third kappa shape index (κ3) is 17.6. The fourth-order valence-corrected chi connectivity index (χ4v) is 23.2. The van der Waals surface area contributed by atoms with Gasteiger partial charge in [-0.3, -0.25) is 24.0 Å². The van der Waals surface area contributed by atoms with Gasteiger partial charge >= 0.3 is 52.9 Å². The molecule has 6 rings (SSSR count). The van der Waals surface area contributed by atoms with Gasteiger partial charge in [0.2, 0.25) is 12.4 Å². The topological polar surface area (TPSA) is 310 Å². The van der Waals surface area contributed by atoms with Gasteiger partial charge in [-0.1, -0.05) is 73.6 Å². The Hall–Kier alpha value is -5.00. The average Bonchev–Trinajstić information content (AvgIpc) is 1.69. The Morgan fingerprint density at radius 3 is 1.82 bits per heavy atom. The summed E-state index contributed by atoms with van der Waals surface area (Å²) in [5, 5.41) is 12.2. The summed E-state index contributed by atoms with van der Waals surface area (Å²) in [5.74, 6) is -8.28. The molecule has 29 heteroatoms. The highest BCUT2D eigenvalue weighted by atomic mass is 28.5. The van der Waals surface area contributed by atoms with Crippen LogP contribution in [0.25, 0.3) is 0 Å². The average molecular weight is 1300 g/mol. The second kappa shape index (κ2) is 31.1. The molecule has 0 bridgehead atoms. The summed E-state index contributed by atoms with van der Waals surface area (Å²) < 4.78 is 121. The van der Waals surface area contributed by atoms with Crippen LogP contribution >= 0.6 is 0 Å². The molecule has 5 aliphatic heterocycles. The number of hydrogen-bond acceptors (Lipinski definition) is 27. The Kier molecular flexibility index (Phi) is 25.5. The molecule has 0 aliphatic carbocycles. The van der Waals surface area contributed by atoms with E-state index in [9.17, 15) is 33.9 Å². The van der Waals surface area contributed by atoms with E-state index in [1.807, 2.05) is 67.5 Å². The zero-order valence-electron chi connectivity index (χ0n) is 54.4. The van der Waals surface area contributed by atoms with Crippen molar-refractivity contribution in [2.75, 3.05) is 40.6 Å². The lowest BCUT2D eigenvalue weighted by atomic mass is 9.92. The monoisotopic (exact) mass is 1300 g/mol. The first-order valence-electron chi connectivity index (χ1n) is 30.0. The Balaban J connectivity index is 1.51. The molecule has 27 nitrogen and oxygen atoms in total. The molecule has 1 N–H and O–H groups in total. The molecule has 0 amide bonds. The molecule has 5 aliphatic rings. The highest BCUT2D eigenvalue weighted by molar-refractivity contribution is 6.84. The van der Waals surface area contributed by atoms with E-state index in [4.69, 9.17) is 93.7 Å². The van der Waals surface area contributed by atoms with Crippen molar-refractivity contribution in [3.63, 3.8) is 0 Å². The molecule has 0 unspecified atom stereocenters. The standard InChI is InChI=1S/C60H93NO26Si2/c1-20-25-71-56-47(61-35(10)76-57-55(80-40(15)66)54(79-39(14)65)53(78-38(13)64)50(82-57)44(77-37(12)63)28-72-36(11)62)52-51(85-88(31(2)3,32(4)5)87-89(86-52,33(6)7)34(8)9)45(81-56)29-75-60(58(68)70-19)26-43(73-27-41-21-23-42(69-18)24-22-41)48(67)49(84-60)46-30-74-59(16,17)83-46/h20-24,31-34,43-57,67H,1,25-30H2,2-19H3/t43-,44+,45-,46-,47-,48-,49-,50+,51-,52-,53-,54+,55+,56-,57+,60-/m1/s1. The Labute approximate surface area is 522 Å². The van der Waals surface area contributed by atoms with Crippen molar-refractivity contribution in [1.82, 2.24) is 0 Å². The molecular formula is C60H93NO26Si2. The molecule has 0 radical (unpaired) electrons. The number of fused-ring (bicyclic) bond motifs is 1. The lowest BCUT2D eigenvalue weighted by molar-refractivity contribution is -0.342. The van der Waals surface area contributed by atoms with Crippen LogP contribution in [-0.4, -0.2) is 208 Å². The first-order chi connectivity index (χ1) is 41.8. The Morgan fingerprint density at radius 2 is 1.30 bits per heavy atom. The molecular weight excluding hydrogens is 1210 g/mol. The molecule has 1 aromatic carbocycles. The van der Waals surface area contributed by atoms with E-state index in [1.165, 1.54) is 20.1 Å². The minimum Gasteiger partial charge on any atom is -0.497 e. The Morgan fingerprint density at radius 1 is 0.719 bits per heavy atom. The first kappa shape index (κ1) is 73.1. The maximum Gasteiger partial charge on any atom is 0.366 e. The number of carbonyl (C=O) groups excluding carboxylic acids is 6. The lowest BCUT2D eigenvalue weighted by Crippen LogP contribution is -2.66. The van der Waals surface area contributed by atoms with E-state index in [-0.39, 0.29) is 54.3 Å². The van der Waals surface area contributed by atoms with Crippen LogP contribution in [-0.2, 0) is 119 Å². The van der Waals surface area contributed by atoms with Gasteiger partial charge in [-0.15, -0.1) is 6.58 Å². The van der Waals surface area contributed by atoms with Crippen LogP contribution in [0.1, 0.15) is 123 Å². The van der Waals surface area contributed by atoms with Gasteiger partial charge < -0.3 is 93.9 Å². The van der Waals surface area contributed by atoms with E-state index in [2.05, 4.69) is 6.58 Å². The normalized spacial score (nSPS) is 32.0. The summed E-state index contributed by atoms with van der Waals surface area (Å²) in [6, 6.07) is 5.90. The maximum atomic E-state index is 14.6. The smallest absolute Gasteiger partial charge is 0.366 e. The van der Waals surface area contributed by atoms with Gasteiger partial charge in [0, 0.05) is 48.0 Å². The van der Waals surface area contributed by atoms with Crippen LogP contribution in [0.15, 0.2) is 41.9 Å². The number of aliphatic hydroxyl groups is 1. The highest BCUT2D eigenvalue weighted by Gasteiger charge is 2.66. The number of nitrogens with zero attached hydrogens (tertiary/aromatic N) is 1.